The first-order valence-corrected chi connectivity index (χ1v) is 5.22. The molecule has 0 saturated heterocycles. The molecule has 2 aromatic rings. The summed E-state index contributed by atoms with van der Waals surface area (Å²) < 4.78 is 5.36. The quantitative estimate of drug-likeness (QED) is 0.845. The fourth-order valence-electron chi connectivity index (χ4n) is 1.75. The molecule has 0 radical (unpaired) electrons. The highest BCUT2D eigenvalue weighted by Crippen LogP contribution is 2.27. The molecule has 0 atom stereocenters. The predicted molar refractivity (Wildman–Crippen MR) is 63.5 cm³/mol. The maximum Gasteiger partial charge on any atom is 0.336 e. The first kappa shape index (κ1) is 11.4. The molecule has 0 spiro atoms. The monoisotopic (exact) mass is 232 g/mol. The van der Waals surface area contributed by atoms with Gasteiger partial charge in [0.1, 0.15) is 12.4 Å². The Morgan fingerprint density at radius 3 is 2.53 bits per heavy atom. The molecule has 4 nitrogen and oxygen atoms in total. The Hall–Kier alpha value is -2.07. The molecule has 2 aromatic carbocycles. The molecule has 0 aliphatic rings. The number of carbonyl (C=O) groups is 1. The van der Waals surface area contributed by atoms with Crippen LogP contribution in [0.4, 0.5) is 0 Å². The van der Waals surface area contributed by atoms with Crippen LogP contribution in [0.1, 0.15) is 10.4 Å². The maximum absolute atomic E-state index is 11.1. The molecule has 0 heterocycles. The van der Waals surface area contributed by atoms with Crippen LogP contribution < -0.4 is 4.74 Å². The number of aliphatic hydroxyl groups excluding tert-OH is 1. The summed E-state index contributed by atoms with van der Waals surface area (Å²) in [5.74, 6) is -0.380. The molecule has 2 N–H and O–H groups in total. The van der Waals surface area contributed by atoms with Gasteiger partial charge in [-0.1, -0.05) is 24.3 Å². The summed E-state index contributed by atoms with van der Waals surface area (Å²) in [4.78, 5) is 11.1. The number of rotatable bonds is 4. The van der Waals surface area contributed by atoms with Gasteiger partial charge in [-0.15, -0.1) is 0 Å². The van der Waals surface area contributed by atoms with Gasteiger partial charge in [0.15, 0.2) is 0 Å². The minimum absolute atomic E-state index is 0.0744. The van der Waals surface area contributed by atoms with Crippen LogP contribution in [0.2, 0.25) is 0 Å². The molecule has 0 aliphatic carbocycles. The minimum Gasteiger partial charge on any atom is -0.491 e. The van der Waals surface area contributed by atoms with Crippen LogP contribution in [-0.4, -0.2) is 29.4 Å². The highest BCUT2D eigenvalue weighted by Gasteiger charge is 2.10. The molecule has 0 aromatic heterocycles. The number of hydrogen-bond acceptors (Lipinski definition) is 3. The van der Waals surface area contributed by atoms with Crippen LogP contribution in [0.25, 0.3) is 10.8 Å². The second kappa shape index (κ2) is 4.84. The van der Waals surface area contributed by atoms with Crippen LogP contribution in [0, 0.1) is 0 Å². The summed E-state index contributed by atoms with van der Waals surface area (Å²) in [5, 5.41) is 19.2. The second-order valence-corrected chi connectivity index (χ2v) is 3.53. The third-order valence-corrected chi connectivity index (χ3v) is 2.46. The Balaban J connectivity index is 2.57. The smallest absolute Gasteiger partial charge is 0.336 e. The number of benzene rings is 2. The Morgan fingerprint density at radius 2 is 1.82 bits per heavy atom. The summed E-state index contributed by atoms with van der Waals surface area (Å²) in [7, 11) is 0. The molecule has 0 saturated carbocycles. The molecule has 0 amide bonds. The molecule has 0 unspecified atom stereocenters. The molecule has 0 fully saturated rings. The Bertz CT molecular complexity index is 548. The maximum atomic E-state index is 11.1. The minimum atomic E-state index is -0.963. The van der Waals surface area contributed by atoms with E-state index in [1.165, 1.54) is 0 Å². The topological polar surface area (TPSA) is 66.8 Å². The Morgan fingerprint density at radius 1 is 1.12 bits per heavy atom. The average molecular weight is 232 g/mol. The summed E-state index contributed by atoms with van der Waals surface area (Å²) in [5.41, 5.74) is 0.247. The van der Waals surface area contributed by atoms with Gasteiger partial charge in [0, 0.05) is 5.39 Å². The lowest BCUT2D eigenvalue weighted by Gasteiger charge is -2.09. The van der Waals surface area contributed by atoms with Crippen LogP contribution in [0.5, 0.6) is 5.75 Å². The SMILES string of the molecule is O=C(O)c1cccc2c(OCCO)cccc12. The van der Waals surface area contributed by atoms with Gasteiger partial charge in [-0.2, -0.15) is 0 Å². The number of carboxylic acid groups (broad SMARTS) is 1. The lowest BCUT2D eigenvalue weighted by Crippen LogP contribution is -2.03. The van der Waals surface area contributed by atoms with Crippen LogP contribution in [0.15, 0.2) is 36.4 Å². The van der Waals surface area contributed by atoms with Crippen molar-refractivity contribution >= 4 is 16.7 Å². The molecule has 2 rings (SSSR count). The van der Waals surface area contributed by atoms with E-state index < -0.39 is 5.97 Å². The van der Waals surface area contributed by atoms with Crippen molar-refractivity contribution in [3.8, 4) is 5.75 Å². The van der Waals surface area contributed by atoms with E-state index in [0.717, 1.165) is 5.39 Å². The lowest BCUT2D eigenvalue weighted by atomic mass is 10.0. The van der Waals surface area contributed by atoms with E-state index in [4.69, 9.17) is 14.9 Å². The van der Waals surface area contributed by atoms with Crippen LogP contribution >= 0.6 is 0 Å². The predicted octanol–water partition coefficient (Wildman–Crippen LogP) is 1.91. The van der Waals surface area contributed by atoms with Gasteiger partial charge in [-0.25, -0.2) is 4.79 Å². The third-order valence-electron chi connectivity index (χ3n) is 2.46. The molecule has 4 heteroatoms. The molecule has 0 aliphatic heterocycles. The van der Waals surface area contributed by atoms with Crippen molar-refractivity contribution in [2.45, 2.75) is 0 Å². The highest BCUT2D eigenvalue weighted by atomic mass is 16.5. The van der Waals surface area contributed by atoms with Crippen molar-refractivity contribution in [2.24, 2.45) is 0 Å². The normalized spacial score (nSPS) is 10.4. The van der Waals surface area contributed by atoms with E-state index in [1.54, 1.807) is 36.4 Å². The number of carboxylic acids is 1. The number of ether oxygens (including phenoxy) is 1. The molecule has 0 bridgehead atoms. The van der Waals surface area contributed by atoms with E-state index in [-0.39, 0.29) is 18.8 Å². The van der Waals surface area contributed by atoms with Crippen LogP contribution in [-0.2, 0) is 0 Å². The van der Waals surface area contributed by atoms with Gasteiger partial charge in [0.2, 0.25) is 0 Å². The molecule has 17 heavy (non-hydrogen) atoms. The first-order chi connectivity index (χ1) is 8.24. The molecular weight excluding hydrogens is 220 g/mol. The zero-order chi connectivity index (χ0) is 12.3. The zero-order valence-corrected chi connectivity index (χ0v) is 9.09. The van der Waals surface area contributed by atoms with Gasteiger partial charge < -0.3 is 14.9 Å². The van der Waals surface area contributed by atoms with Crippen molar-refractivity contribution in [2.75, 3.05) is 13.2 Å². The largest absolute Gasteiger partial charge is 0.491 e. The van der Waals surface area contributed by atoms with E-state index in [1.807, 2.05) is 0 Å². The fourth-order valence-corrected chi connectivity index (χ4v) is 1.75. The van der Waals surface area contributed by atoms with Gasteiger partial charge in [0.25, 0.3) is 0 Å². The average Bonchev–Trinajstić information content (AvgIpc) is 2.35. The Kier molecular flexibility index (Phi) is 3.25. The van der Waals surface area contributed by atoms with E-state index in [9.17, 15) is 4.79 Å². The van der Waals surface area contributed by atoms with Gasteiger partial charge in [0.05, 0.1) is 12.2 Å². The summed E-state index contributed by atoms with van der Waals surface area (Å²) in [6.07, 6.45) is 0. The summed E-state index contributed by atoms with van der Waals surface area (Å²) in [6.45, 7) is 0.116. The van der Waals surface area contributed by atoms with E-state index in [0.29, 0.717) is 11.1 Å². The number of aliphatic hydroxyl groups is 1. The van der Waals surface area contributed by atoms with Crippen molar-refractivity contribution in [3.05, 3.63) is 42.0 Å². The fraction of sp³-hybridized carbons (Fsp3) is 0.154. The number of aromatic carboxylic acids is 1. The number of fused-ring (bicyclic) bond motifs is 1. The standard InChI is InChI=1S/C13H12O4/c14-7-8-17-12-6-2-3-9-10(12)4-1-5-11(9)13(15)16/h1-6,14H,7-8H2,(H,15,16). The zero-order valence-electron chi connectivity index (χ0n) is 9.09. The first-order valence-electron chi connectivity index (χ1n) is 5.22. The summed E-state index contributed by atoms with van der Waals surface area (Å²) >= 11 is 0. The third kappa shape index (κ3) is 2.21. The van der Waals surface area contributed by atoms with Crippen molar-refractivity contribution in [1.82, 2.24) is 0 Å². The van der Waals surface area contributed by atoms with Gasteiger partial charge >= 0.3 is 5.97 Å². The Labute approximate surface area is 98.1 Å². The van der Waals surface area contributed by atoms with E-state index >= 15 is 0 Å². The highest BCUT2D eigenvalue weighted by molar-refractivity contribution is 6.05. The second-order valence-electron chi connectivity index (χ2n) is 3.53. The van der Waals surface area contributed by atoms with E-state index in [2.05, 4.69) is 0 Å². The van der Waals surface area contributed by atoms with Gasteiger partial charge in [-0.05, 0) is 17.5 Å². The molecule has 88 valence electrons. The lowest BCUT2D eigenvalue weighted by molar-refractivity contribution is 0.0699. The van der Waals surface area contributed by atoms with Crippen LogP contribution in [0.3, 0.4) is 0 Å². The summed E-state index contributed by atoms with van der Waals surface area (Å²) in [6, 6.07) is 10.3. The number of hydrogen-bond donors (Lipinski definition) is 2. The van der Waals surface area contributed by atoms with Crippen molar-refractivity contribution in [1.29, 1.82) is 0 Å². The van der Waals surface area contributed by atoms with Crippen molar-refractivity contribution < 1.29 is 19.7 Å². The van der Waals surface area contributed by atoms with Gasteiger partial charge in [-0.3, -0.25) is 0 Å². The molecular formula is C13H12O4. The van der Waals surface area contributed by atoms with Crippen molar-refractivity contribution in [3.63, 3.8) is 0 Å².